The number of hydrogen-bond acceptors (Lipinski definition) is 3. The van der Waals surface area contributed by atoms with Gasteiger partial charge < -0.3 is 4.74 Å². The first kappa shape index (κ1) is 14.4. The predicted molar refractivity (Wildman–Crippen MR) is 77.2 cm³/mol. The molecule has 1 aliphatic carbocycles. The van der Waals surface area contributed by atoms with Crippen LogP contribution in [0.1, 0.15) is 64.2 Å². The number of carbonyl (C=O) groups excluding carboxylic acids is 1. The molecule has 0 bridgehead atoms. The van der Waals surface area contributed by atoms with Gasteiger partial charge in [0.2, 0.25) is 0 Å². The van der Waals surface area contributed by atoms with Crippen molar-refractivity contribution in [3.63, 3.8) is 0 Å². The first-order valence-electron chi connectivity index (χ1n) is 7.59. The molecule has 0 amide bonds. The Balaban J connectivity index is 1.49. The van der Waals surface area contributed by atoms with E-state index in [9.17, 15) is 4.79 Å². The normalized spacial score (nSPS) is 25.4. The van der Waals surface area contributed by atoms with Crippen LogP contribution in [0.2, 0.25) is 0 Å². The van der Waals surface area contributed by atoms with Crippen LogP contribution >= 0.6 is 11.8 Å². The Hall–Kier alpha value is -0.0200. The summed E-state index contributed by atoms with van der Waals surface area (Å²) < 4.78 is 5.57. The summed E-state index contributed by atoms with van der Waals surface area (Å²) in [5.74, 6) is 1.19. The molecule has 1 saturated heterocycles. The van der Waals surface area contributed by atoms with Crippen molar-refractivity contribution < 1.29 is 9.53 Å². The zero-order chi connectivity index (χ0) is 12.6. The summed E-state index contributed by atoms with van der Waals surface area (Å²) in [5.41, 5.74) is 0. The van der Waals surface area contributed by atoms with Crippen molar-refractivity contribution in [2.75, 3.05) is 12.4 Å². The van der Waals surface area contributed by atoms with E-state index in [-0.39, 0.29) is 0 Å². The van der Waals surface area contributed by atoms with Crippen LogP contribution in [0.3, 0.4) is 0 Å². The minimum atomic E-state index is 0.448. The molecule has 0 aromatic rings. The third kappa shape index (κ3) is 5.31. The van der Waals surface area contributed by atoms with Gasteiger partial charge in [-0.3, -0.25) is 4.79 Å². The Morgan fingerprint density at radius 2 is 1.94 bits per heavy atom. The topological polar surface area (TPSA) is 26.3 Å². The molecule has 1 saturated carbocycles. The zero-order valence-electron chi connectivity index (χ0n) is 11.4. The fourth-order valence-corrected chi connectivity index (χ4v) is 4.15. The SMILES string of the molecule is O=C(CCCC1CCCO1)CSC1CCCCC1. The predicted octanol–water partition coefficient (Wildman–Crippen LogP) is 3.97. The van der Waals surface area contributed by atoms with Crippen LogP contribution in [0.5, 0.6) is 0 Å². The third-order valence-corrected chi connectivity index (χ3v) is 5.47. The molecule has 2 rings (SSSR count). The van der Waals surface area contributed by atoms with E-state index in [0.29, 0.717) is 11.9 Å². The van der Waals surface area contributed by atoms with Crippen LogP contribution in [-0.2, 0) is 9.53 Å². The lowest BCUT2D eigenvalue weighted by Crippen LogP contribution is -2.12. The molecule has 0 N–H and O–H groups in total. The van der Waals surface area contributed by atoms with Crippen molar-refractivity contribution in [3.05, 3.63) is 0 Å². The van der Waals surface area contributed by atoms with Gasteiger partial charge in [-0.05, 0) is 38.5 Å². The van der Waals surface area contributed by atoms with Crippen molar-refractivity contribution in [2.24, 2.45) is 0 Å². The van der Waals surface area contributed by atoms with E-state index in [4.69, 9.17) is 4.74 Å². The van der Waals surface area contributed by atoms with Crippen LogP contribution < -0.4 is 0 Å². The molecule has 2 aliphatic rings. The van der Waals surface area contributed by atoms with Gasteiger partial charge in [0.05, 0.1) is 11.9 Å². The second-order valence-electron chi connectivity index (χ2n) is 5.64. The Morgan fingerprint density at radius 3 is 2.67 bits per heavy atom. The molecule has 0 aromatic heterocycles. The van der Waals surface area contributed by atoms with Gasteiger partial charge in [-0.25, -0.2) is 0 Å². The quantitative estimate of drug-likeness (QED) is 0.700. The summed E-state index contributed by atoms with van der Waals surface area (Å²) in [6, 6.07) is 0. The van der Waals surface area contributed by atoms with Gasteiger partial charge >= 0.3 is 0 Å². The van der Waals surface area contributed by atoms with Gasteiger partial charge in [-0.15, -0.1) is 0 Å². The van der Waals surface area contributed by atoms with E-state index in [2.05, 4.69) is 0 Å². The van der Waals surface area contributed by atoms with Crippen LogP contribution in [0.15, 0.2) is 0 Å². The molecule has 0 radical (unpaired) electrons. The first-order valence-corrected chi connectivity index (χ1v) is 8.64. The van der Waals surface area contributed by atoms with Gasteiger partial charge in [0.15, 0.2) is 0 Å². The Labute approximate surface area is 115 Å². The Morgan fingerprint density at radius 1 is 1.11 bits per heavy atom. The molecule has 104 valence electrons. The number of Topliss-reactive ketones (excluding diaryl/α,β-unsaturated/α-hetero) is 1. The van der Waals surface area contributed by atoms with Crippen molar-refractivity contribution in [3.8, 4) is 0 Å². The number of hydrogen-bond donors (Lipinski definition) is 0. The van der Waals surface area contributed by atoms with E-state index in [1.165, 1.54) is 44.9 Å². The summed E-state index contributed by atoms with van der Waals surface area (Å²) in [6.45, 7) is 0.927. The number of thioether (sulfide) groups is 1. The van der Waals surface area contributed by atoms with Crippen LogP contribution in [0.4, 0.5) is 0 Å². The average Bonchev–Trinajstić information content (AvgIpc) is 2.91. The number of rotatable bonds is 7. The zero-order valence-corrected chi connectivity index (χ0v) is 12.2. The van der Waals surface area contributed by atoms with Gasteiger partial charge in [-0.1, -0.05) is 19.3 Å². The van der Waals surface area contributed by atoms with E-state index in [1.807, 2.05) is 11.8 Å². The number of carbonyl (C=O) groups is 1. The van der Waals surface area contributed by atoms with Gasteiger partial charge in [0.1, 0.15) is 5.78 Å². The maximum atomic E-state index is 11.8. The standard InChI is InChI=1S/C15H26O2S/c16-13(6-4-7-14-8-5-11-17-14)12-18-15-9-2-1-3-10-15/h14-15H,1-12H2. The molecule has 1 atom stereocenters. The van der Waals surface area contributed by atoms with Crippen molar-refractivity contribution in [2.45, 2.75) is 75.6 Å². The Kier molecular flexibility index (Phi) is 6.56. The minimum absolute atomic E-state index is 0.448. The fourth-order valence-electron chi connectivity index (χ4n) is 2.91. The molecule has 3 heteroatoms. The molecular weight excluding hydrogens is 244 g/mol. The van der Waals surface area contributed by atoms with E-state index < -0.39 is 0 Å². The highest BCUT2D eigenvalue weighted by molar-refractivity contribution is 8.00. The number of ether oxygens (including phenoxy) is 1. The van der Waals surface area contributed by atoms with Gasteiger partial charge in [-0.2, -0.15) is 11.8 Å². The molecule has 1 heterocycles. The summed E-state index contributed by atoms with van der Waals surface area (Å²) >= 11 is 1.91. The molecule has 0 spiro atoms. The van der Waals surface area contributed by atoms with Gasteiger partial charge in [0, 0.05) is 18.3 Å². The molecular formula is C15H26O2S. The maximum Gasteiger partial charge on any atom is 0.142 e. The van der Waals surface area contributed by atoms with Crippen molar-refractivity contribution in [1.82, 2.24) is 0 Å². The molecule has 1 unspecified atom stereocenters. The van der Waals surface area contributed by atoms with E-state index >= 15 is 0 Å². The van der Waals surface area contributed by atoms with Crippen LogP contribution in [0, 0.1) is 0 Å². The van der Waals surface area contributed by atoms with E-state index in [0.717, 1.165) is 36.9 Å². The lowest BCUT2D eigenvalue weighted by molar-refractivity contribution is -0.116. The van der Waals surface area contributed by atoms with Crippen LogP contribution in [0.25, 0.3) is 0 Å². The monoisotopic (exact) mass is 270 g/mol. The largest absolute Gasteiger partial charge is 0.378 e. The van der Waals surface area contributed by atoms with Gasteiger partial charge in [0.25, 0.3) is 0 Å². The first-order chi connectivity index (χ1) is 8.84. The molecule has 2 nitrogen and oxygen atoms in total. The molecule has 2 fully saturated rings. The second-order valence-corrected chi connectivity index (χ2v) is 6.93. The maximum absolute atomic E-state index is 11.8. The summed E-state index contributed by atoms with van der Waals surface area (Å²) in [5, 5.41) is 0.765. The average molecular weight is 270 g/mol. The minimum Gasteiger partial charge on any atom is -0.378 e. The molecule has 1 aliphatic heterocycles. The summed E-state index contributed by atoms with van der Waals surface area (Å²) in [6.07, 6.45) is 12.5. The number of ketones is 1. The van der Waals surface area contributed by atoms with E-state index in [1.54, 1.807) is 0 Å². The Bertz CT molecular complexity index is 243. The van der Waals surface area contributed by atoms with Crippen molar-refractivity contribution >= 4 is 17.5 Å². The molecule has 18 heavy (non-hydrogen) atoms. The second kappa shape index (κ2) is 8.21. The molecule has 0 aromatic carbocycles. The smallest absolute Gasteiger partial charge is 0.142 e. The third-order valence-electron chi connectivity index (χ3n) is 4.04. The fraction of sp³-hybridized carbons (Fsp3) is 0.933. The summed E-state index contributed by atoms with van der Waals surface area (Å²) in [7, 11) is 0. The highest BCUT2D eigenvalue weighted by Gasteiger charge is 2.17. The highest BCUT2D eigenvalue weighted by atomic mass is 32.2. The summed E-state index contributed by atoms with van der Waals surface area (Å²) in [4.78, 5) is 11.8. The lowest BCUT2D eigenvalue weighted by atomic mass is 10.0. The van der Waals surface area contributed by atoms with Crippen LogP contribution in [-0.4, -0.2) is 29.5 Å². The van der Waals surface area contributed by atoms with Crippen molar-refractivity contribution in [1.29, 1.82) is 0 Å². The highest BCUT2D eigenvalue weighted by Crippen LogP contribution is 2.28. The lowest BCUT2D eigenvalue weighted by Gasteiger charge is -2.20.